The number of carboxylic acid groups (broad SMARTS) is 1. The van der Waals surface area contributed by atoms with Crippen LogP contribution in [0.1, 0.15) is 42.5 Å². The van der Waals surface area contributed by atoms with E-state index in [0.717, 1.165) is 25.7 Å². The highest BCUT2D eigenvalue weighted by atomic mass is 35.5. The number of Topliss-reactive ketones (excluding diaryl/α,β-unsaturated/α-hetero) is 1. The van der Waals surface area contributed by atoms with Gasteiger partial charge in [-0.2, -0.15) is 0 Å². The molecule has 5 nitrogen and oxygen atoms in total. The van der Waals surface area contributed by atoms with Crippen LogP contribution in [-0.2, 0) is 9.59 Å². The number of aliphatic carboxylic acids is 1. The predicted octanol–water partition coefficient (Wildman–Crippen LogP) is 3.50. The van der Waals surface area contributed by atoms with Crippen molar-refractivity contribution in [2.45, 2.75) is 44.2 Å². The van der Waals surface area contributed by atoms with Crippen LogP contribution in [-0.4, -0.2) is 51.3 Å². The van der Waals surface area contributed by atoms with E-state index in [0.29, 0.717) is 22.9 Å². The number of carbonyl (C=O) groups excluding carboxylic acids is 2. The number of hydrogen-bond acceptors (Lipinski definition) is 4. The Morgan fingerprint density at radius 3 is 2.50 bits per heavy atom. The maximum atomic E-state index is 12.7. The zero-order chi connectivity index (χ0) is 18.7. The van der Waals surface area contributed by atoms with E-state index in [1.165, 1.54) is 11.8 Å². The van der Waals surface area contributed by atoms with E-state index in [1.54, 1.807) is 29.2 Å². The molecule has 1 heterocycles. The van der Waals surface area contributed by atoms with E-state index >= 15 is 0 Å². The van der Waals surface area contributed by atoms with Gasteiger partial charge in [-0.3, -0.25) is 9.59 Å². The first-order valence-corrected chi connectivity index (χ1v) is 10.4. The molecule has 3 rings (SSSR count). The number of carboxylic acids is 1. The molecule has 2 fully saturated rings. The molecule has 1 aliphatic carbocycles. The van der Waals surface area contributed by atoms with Gasteiger partial charge in [0.25, 0.3) is 0 Å². The number of hydrogen-bond donors (Lipinski definition) is 1. The number of amides is 1. The summed E-state index contributed by atoms with van der Waals surface area (Å²) < 4.78 is 0. The molecule has 0 aromatic heterocycles. The van der Waals surface area contributed by atoms with Crippen molar-refractivity contribution in [1.29, 1.82) is 0 Å². The van der Waals surface area contributed by atoms with E-state index in [4.69, 9.17) is 11.6 Å². The standard InChI is InChI=1S/C19H22ClNO4S/c20-14-7-5-12(6-8-14)17(22)10-26-11-18(23)21-15-4-2-1-3-13(15)9-16(21)19(24)25/h5-8,13,15-16H,1-4,9-11H2,(H,24,25). The van der Waals surface area contributed by atoms with Crippen LogP contribution in [0.2, 0.25) is 5.02 Å². The van der Waals surface area contributed by atoms with Crippen molar-refractivity contribution in [3.8, 4) is 0 Å². The largest absolute Gasteiger partial charge is 0.480 e. The second kappa shape index (κ2) is 8.44. The van der Waals surface area contributed by atoms with Crippen molar-refractivity contribution in [2.75, 3.05) is 11.5 Å². The Morgan fingerprint density at radius 2 is 1.81 bits per heavy atom. The Morgan fingerprint density at radius 1 is 1.12 bits per heavy atom. The molecule has 0 radical (unpaired) electrons. The number of benzene rings is 1. The Balaban J connectivity index is 1.57. The highest BCUT2D eigenvalue weighted by molar-refractivity contribution is 8.00. The summed E-state index contributed by atoms with van der Waals surface area (Å²) in [5.74, 6) is -0.532. The third kappa shape index (κ3) is 4.23. The lowest BCUT2D eigenvalue weighted by Gasteiger charge is -2.33. The Hall–Kier alpha value is -1.53. The van der Waals surface area contributed by atoms with E-state index in [-0.39, 0.29) is 29.2 Å². The SMILES string of the molecule is O=C(CSCC(=O)N1C(C(=O)O)CC2CCCCC21)c1ccc(Cl)cc1. The molecular formula is C19H22ClNO4S. The quantitative estimate of drug-likeness (QED) is 0.746. The topological polar surface area (TPSA) is 74.7 Å². The van der Waals surface area contributed by atoms with Gasteiger partial charge in [-0.15, -0.1) is 11.8 Å². The first-order chi connectivity index (χ1) is 12.5. The monoisotopic (exact) mass is 395 g/mol. The average Bonchev–Trinajstić information content (AvgIpc) is 3.02. The summed E-state index contributed by atoms with van der Waals surface area (Å²) in [4.78, 5) is 38.0. The molecule has 1 aromatic carbocycles. The number of nitrogens with zero attached hydrogens (tertiary/aromatic N) is 1. The number of thioether (sulfide) groups is 1. The van der Waals surface area contributed by atoms with Crippen molar-refractivity contribution < 1.29 is 19.5 Å². The van der Waals surface area contributed by atoms with Crippen molar-refractivity contribution in [2.24, 2.45) is 5.92 Å². The highest BCUT2D eigenvalue weighted by Gasteiger charge is 2.47. The molecule has 140 valence electrons. The van der Waals surface area contributed by atoms with Crippen LogP contribution in [0.25, 0.3) is 0 Å². The fourth-order valence-electron chi connectivity index (χ4n) is 4.06. The van der Waals surface area contributed by atoms with Gasteiger partial charge in [-0.25, -0.2) is 4.79 Å². The van der Waals surface area contributed by atoms with Crippen molar-refractivity contribution >= 4 is 41.0 Å². The van der Waals surface area contributed by atoms with E-state index in [1.807, 2.05) is 0 Å². The molecule has 1 N–H and O–H groups in total. The first kappa shape index (κ1) is 19.2. The molecule has 0 spiro atoms. The van der Waals surface area contributed by atoms with Crippen LogP contribution < -0.4 is 0 Å². The summed E-state index contributed by atoms with van der Waals surface area (Å²) in [6, 6.07) is 5.99. The number of halogens is 1. The minimum Gasteiger partial charge on any atom is -0.480 e. The van der Waals surface area contributed by atoms with Crippen LogP contribution >= 0.6 is 23.4 Å². The number of likely N-dealkylation sites (tertiary alicyclic amines) is 1. The van der Waals surface area contributed by atoms with Gasteiger partial charge in [0.05, 0.1) is 11.5 Å². The molecule has 1 saturated carbocycles. The molecule has 3 unspecified atom stereocenters. The third-order valence-electron chi connectivity index (χ3n) is 5.29. The van der Waals surface area contributed by atoms with Crippen molar-refractivity contribution in [3.63, 3.8) is 0 Å². The Bertz CT molecular complexity index is 693. The summed E-state index contributed by atoms with van der Waals surface area (Å²) in [5.41, 5.74) is 0.561. The van der Waals surface area contributed by atoms with Gasteiger partial charge in [0.1, 0.15) is 6.04 Å². The number of carbonyl (C=O) groups is 3. The summed E-state index contributed by atoms with van der Waals surface area (Å²) >= 11 is 7.06. The molecule has 7 heteroatoms. The fraction of sp³-hybridized carbons (Fsp3) is 0.526. The number of fused-ring (bicyclic) bond motifs is 1. The van der Waals surface area contributed by atoms with Gasteiger partial charge in [0, 0.05) is 16.6 Å². The highest BCUT2D eigenvalue weighted by Crippen LogP contribution is 2.40. The minimum atomic E-state index is -0.921. The second-order valence-corrected chi connectivity index (χ2v) is 8.35. The lowest BCUT2D eigenvalue weighted by Crippen LogP contribution is -2.47. The normalized spacial score (nSPS) is 25.0. The molecule has 1 aromatic rings. The lowest BCUT2D eigenvalue weighted by atomic mass is 9.85. The van der Waals surface area contributed by atoms with Crippen molar-refractivity contribution in [3.05, 3.63) is 34.9 Å². The zero-order valence-corrected chi connectivity index (χ0v) is 16.0. The second-order valence-electron chi connectivity index (χ2n) is 6.93. The zero-order valence-electron chi connectivity index (χ0n) is 14.4. The van der Waals surface area contributed by atoms with Gasteiger partial charge < -0.3 is 10.0 Å². The lowest BCUT2D eigenvalue weighted by molar-refractivity contribution is -0.148. The summed E-state index contributed by atoms with van der Waals surface area (Å²) in [6.07, 6.45) is 4.59. The summed E-state index contributed by atoms with van der Waals surface area (Å²) in [7, 11) is 0. The maximum absolute atomic E-state index is 12.7. The summed E-state index contributed by atoms with van der Waals surface area (Å²) in [6.45, 7) is 0. The van der Waals surface area contributed by atoms with Gasteiger partial charge in [-0.05, 0) is 49.4 Å². The maximum Gasteiger partial charge on any atom is 0.326 e. The van der Waals surface area contributed by atoms with Gasteiger partial charge >= 0.3 is 5.97 Å². The van der Waals surface area contributed by atoms with E-state index in [2.05, 4.69) is 0 Å². The van der Waals surface area contributed by atoms with E-state index < -0.39 is 12.0 Å². The Labute approximate surface area is 162 Å². The predicted molar refractivity (Wildman–Crippen MR) is 102 cm³/mol. The first-order valence-electron chi connectivity index (χ1n) is 8.88. The molecular weight excluding hydrogens is 374 g/mol. The van der Waals surface area contributed by atoms with Crippen LogP contribution in [0.15, 0.2) is 24.3 Å². The summed E-state index contributed by atoms with van der Waals surface area (Å²) in [5, 5.41) is 10.1. The minimum absolute atomic E-state index is 0.0462. The molecule has 3 atom stereocenters. The van der Waals surface area contributed by atoms with E-state index in [9.17, 15) is 19.5 Å². The smallest absolute Gasteiger partial charge is 0.326 e. The van der Waals surface area contributed by atoms with Crippen LogP contribution in [0.5, 0.6) is 0 Å². The number of rotatable bonds is 6. The third-order valence-corrected chi connectivity index (χ3v) is 6.46. The Kier molecular flexibility index (Phi) is 6.24. The van der Waals surface area contributed by atoms with Gasteiger partial charge in [-0.1, -0.05) is 24.4 Å². The molecule has 26 heavy (non-hydrogen) atoms. The molecule has 1 saturated heterocycles. The molecule has 2 aliphatic rings. The fourth-order valence-corrected chi connectivity index (χ4v) is 4.97. The van der Waals surface area contributed by atoms with Crippen LogP contribution in [0.3, 0.4) is 0 Å². The van der Waals surface area contributed by atoms with Crippen LogP contribution in [0, 0.1) is 5.92 Å². The van der Waals surface area contributed by atoms with Crippen molar-refractivity contribution in [1.82, 2.24) is 4.90 Å². The molecule has 1 aliphatic heterocycles. The van der Waals surface area contributed by atoms with Crippen LogP contribution in [0.4, 0.5) is 0 Å². The molecule has 0 bridgehead atoms. The van der Waals surface area contributed by atoms with Gasteiger partial charge in [0.2, 0.25) is 5.91 Å². The number of ketones is 1. The van der Waals surface area contributed by atoms with Gasteiger partial charge in [0.15, 0.2) is 5.78 Å². The molecule has 1 amide bonds. The average molecular weight is 396 g/mol.